The second-order valence-corrected chi connectivity index (χ2v) is 7.92. The average Bonchev–Trinajstić information content (AvgIpc) is 3.36. The third kappa shape index (κ3) is 2.90. The Kier molecular flexibility index (Phi) is 4.12. The average molecular weight is 381 g/mol. The van der Waals surface area contributed by atoms with E-state index in [0.717, 1.165) is 28.2 Å². The number of fused-ring (bicyclic) bond motifs is 2. The van der Waals surface area contributed by atoms with Gasteiger partial charge in [-0.05, 0) is 42.5 Å². The highest BCUT2D eigenvalue weighted by Crippen LogP contribution is 2.32. The maximum atomic E-state index is 13.0. The van der Waals surface area contributed by atoms with E-state index in [9.17, 15) is 4.79 Å². The normalized spacial score (nSPS) is 17.4. The molecule has 138 valence electrons. The van der Waals surface area contributed by atoms with Gasteiger partial charge in [-0.15, -0.1) is 0 Å². The molecule has 5 nitrogen and oxygen atoms in total. The summed E-state index contributed by atoms with van der Waals surface area (Å²) < 4.78 is 2.17. The van der Waals surface area contributed by atoms with Gasteiger partial charge in [0.25, 0.3) is 5.91 Å². The first-order chi connectivity index (χ1) is 13.2. The fourth-order valence-electron chi connectivity index (χ4n) is 4.38. The van der Waals surface area contributed by atoms with Crippen LogP contribution in [0.25, 0.3) is 11.2 Å². The van der Waals surface area contributed by atoms with E-state index in [4.69, 9.17) is 11.6 Å². The van der Waals surface area contributed by atoms with Crippen molar-refractivity contribution < 1.29 is 4.79 Å². The van der Waals surface area contributed by atoms with Gasteiger partial charge in [0.2, 0.25) is 0 Å². The summed E-state index contributed by atoms with van der Waals surface area (Å²) in [5, 5.41) is 0.730. The van der Waals surface area contributed by atoms with E-state index in [1.807, 2.05) is 29.4 Å². The Balaban J connectivity index is 1.42. The highest BCUT2D eigenvalue weighted by Gasteiger charge is 2.25. The number of imidazole rings is 1. The van der Waals surface area contributed by atoms with E-state index < -0.39 is 0 Å². The minimum atomic E-state index is -0.00890. The molecule has 1 aliphatic heterocycles. The Labute approximate surface area is 163 Å². The van der Waals surface area contributed by atoms with Crippen LogP contribution in [0.3, 0.4) is 0 Å². The summed E-state index contributed by atoms with van der Waals surface area (Å²) in [6, 6.07) is 8.31. The Morgan fingerprint density at radius 3 is 2.89 bits per heavy atom. The van der Waals surface area contributed by atoms with Crippen molar-refractivity contribution in [2.75, 3.05) is 6.54 Å². The van der Waals surface area contributed by atoms with E-state index in [1.165, 1.54) is 31.2 Å². The molecule has 1 fully saturated rings. The lowest BCUT2D eigenvalue weighted by Crippen LogP contribution is -2.36. The molecule has 5 rings (SSSR count). The van der Waals surface area contributed by atoms with Crippen molar-refractivity contribution >= 4 is 28.7 Å². The van der Waals surface area contributed by atoms with Gasteiger partial charge < -0.3 is 9.47 Å². The standard InChI is InChI=1S/C21H21ClN4O/c22-18-7-3-4-14-8-9-25(12-17(14)18)21(27)15-10-19-20(23-11-15)26(13-24-19)16-5-1-2-6-16/h3-4,7,10-11,13,16H,1-2,5-6,8-9,12H2. The molecule has 0 spiro atoms. The maximum absolute atomic E-state index is 13.0. The molecule has 0 unspecified atom stereocenters. The largest absolute Gasteiger partial charge is 0.334 e. The van der Waals surface area contributed by atoms with Gasteiger partial charge in [0.15, 0.2) is 5.65 Å². The first kappa shape index (κ1) is 16.8. The van der Waals surface area contributed by atoms with Crippen LogP contribution < -0.4 is 0 Å². The van der Waals surface area contributed by atoms with Crippen LogP contribution in [0.5, 0.6) is 0 Å². The van der Waals surface area contributed by atoms with Crippen molar-refractivity contribution in [1.29, 1.82) is 0 Å². The highest BCUT2D eigenvalue weighted by molar-refractivity contribution is 6.31. The topological polar surface area (TPSA) is 51.0 Å². The van der Waals surface area contributed by atoms with Crippen molar-refractivity contribution in [1.82, 2.24) is 19.4 Å². The number of halogens is 1. The molecule has 1 saturated carbocycles. The summed E-state index contributed by atoms with van der Waals surface area (Å²) in [5.41, 5.74) is 4.55. The van der Waals surface area contributed by atoms with Crippen LogP contribution in [0.4, 0.5) is 0 Å². The molecule has 0 saturated heterocycles. The Morgan fingerprint density at radius 2 is 2.04 bits per heavy atom. The van der Waals surface area contributed by atoms with Gasteiger partial charge in [-0.2, -0.15) is 0 Å². The summed E-state index contributed by atoms with van der Waals surface area (Å²) in [4.78, 5) is 24.0. The summed E-state index contributed by atoms with van der Waals surface area (Å²) >= 11 is 6.34. The predicted octanol–water partition coefficient (Wildman–Crippen LogP) is 4.40. The Bertz CT molecular complexity index is 1020. The molecular formula is C21H21ClN4O. The zero-order chi connectivity index (χ0) is 18.4. The second-order valence-electron chi connectivity index (χ2n) is 7.51. The molecule has 1 aromatic carbocycles. The second kappa shape index (κ2) is 6.64. The molecular weight excluding hydrogens is 360 g/mol. The van der Waals surface area contributed by atoms with Crippen LogP contribution in [0.1, 0.15) is 53.2 Å². The lowest BCUT2D eigenvalue weighted by molar-refractivity contribution is 0.0734. The van der Waals surface area contributed by atoms with Gasteiger partial charge in [-0.3, -0.25) is 4.79 Å². The third-order valence-electron chi connectivity index (χ3n) is 5.88. The molecule has 2 aromatic heterocycles. The van der Waals surface area contributed by atoms with E-state index >= 15 is 0 Å². The summed E-state index contributed by atoms with van der Waals surface area (Å²) in [6.07, 6.45) is 9.29. The van der Waals surface area contributed by atoms with Gasteiger partial charge >= 0.3 is 0 Å². The Morgan fingerprint density at radius 1 is 1.19 bits per heavy atom. The molecule has 3 heterocycles. The molecule has 0 N–H and O–H groups in total. The molecule has 0 radical (unpaired) electrons. The lowest BCUT2D eigenvalue weighted by Gasteiger charge is -2.29. The lowest BCUT2D eigenvalue weighted by atomic mass is 9.99. The number of benzene rings is 1. The smallest absolute Gasteiger partial charge is 0.255 e. The van der Waals surface area contributed by atoms with E-state index in [2.05, 4.69) is 20.6 Å². The number of rotatable bonds is 2. The third-order valence-corrected chi connectivity index (χ3v) is 6.24. The number of aromatic nitrogens is 3. The molecule has 0 bridgehead atoms. The first-order valence-electron chi connectivity index (χ1n) is 9.59. The molecule has 2 aliphatic rings. The van der Waals surface area contributed by atoms with E-state index in [-0.39, 0.29) is 5.91 Å². The van der Waals surface area contributed by atoms with Crippen molar-refractivity contribution in [3.63, 3.8) is 0 Å². The minimum Gasteiger partial charge on any atom is -0.334 e. The van der Waals surface area contributed by atoms with Crippen molar-refractivity contribution in [2.24, 2.45) is 0 Å². The van der Waals surface area contributed by atoms with Gasteiger partial charge in [0.1, 0.15) is 5.52 Å². The van der Waals surface area contributed by atoms with Crippen LogP contribution in [0.2, 0.25) is 5.02 Å². The zero-order valence-corrected chi connectivity index (χ0v) is 15.8. The summed E-state index contributed by atoms with van der Waals surface area (Å²) in [6.45, 7) is 1.24. The number of hydrogen-bond acceptors (Lipinski definition) is 3. The minimum absolute atomic E-state index is 0.00890. The van der Waals surface area contributed by atoms with Crippen LogP contribution >= 0.6 is 11.6 Å². The summed E-state index contributed by atoms with van der Waals surface area (Å²) in [5.74, 6) is -0.00890. The Hall–Kier alpha value is -2.40. The van der Waals surface area contributed by atoms with Gasteiger partial charge in [0.05, 0.1) is 11.9 Å². The molecule has 3 aromatic rings. The van der Waals surface area contributed by atoms with Crippen molar-refractivity contribution in [2.45, 2.75) is 44.7 Å². The first-order valence-corrected chi connectivity index (χ1v) is 9.96. The number of carbonyl (C=O) groups is 1. The van der Waals surface area contributed by atoms with Gasteiger partial charge in [-0.1, -0.05) is 36.6 Å². The number of amides is 1. The zero-order valence-electron chi connectivity index (χ0n) is 15.1. The van der Waals surface area contributed by atoms with Crippen LogP contribution in [0.15, 0.2) is 36.8 Å². The van der Waals surface area contributed by atoms with E-state index in [0.29, 0.717) is 24.7 Å². The quantitative estimate of drug-likeness (QED) is 0.662. The van der Waals surface area contributed by atoms with E-state index in [1.54, 1.807) is 6.20 Å². The monoisotopic (exact) mass is 380 g/mol. The van der Waals surface area contributed by atoms with Crippen LogP contribution in [-0.2, 0) is 13.0 Å². The molecule has 0 atom stereocenters. The van der Waals surface area contributed by atoms with Gasteiger partial charge in [0, 0.05) is 30.4 Å². The molecule has 27 heavy (non-hydrogen) atoms. The summed E-state index contributed by atoms with van der Waals surface area (Å²) in [7, 11) is 0. The van der Waals surface area contributed by atoms with Crippen LogP contribution in [-0.4, -0.2) is 31.9 Å². The fraction of sp³-hybridized carbons (Fsp3) is 0.381. The van der Waals surface area contributed by atoms with Gasteiger partial charge in [-0.25, -0.2) is 9.97 Å². The number of pyridine rings is 1. The molecule has 1 aliphatic carbocycles. The molecule has 6 heteroatoms. The van der Waals surface area contributed by atoms with Crippen molar-refractivity contribution in [3.8, 4) is 0 Å². The van der Waals surface area contributed by atoms with Crippen LogP contribution in [0, 0.1) is 0 Å². The maximum Gasteiger partial charge on any atom is 0.255 e. The highest BCUT2D eigenvalue weighted by atomic mass is 35.5. The number of hydrogen-bond donors (Lipinski definition) is 0. The number of nitrogens with zero attached hydrogens (tertiary/aromatic N) is 4. The SMILES string of the molecule is O=C(c1cnc2c(c1)ncn2C1CCCC1)N1CCc2cccc(Cl)c2C1. The number of carbonyl (C=O) groups excluding carboxylic acids is 1. The molecule has 1 amide bonds. The fourth-order valence-corrected chi connectivity index (χ4v) is 4.64. The van der Waals surface area contributed by atoms with Crippen molar-refractivity contribution in [3.05, 3.63) is 58.5 Å². The predicted molar refractivity (Wildman–Crippen MR) is 105 cm³/mol.